The number of hydrogen-bond acceptors (Lipinski definition) is 3. The van der Waals surface area contributed by atoms with Gasteiger partial charge in [0.05, 0.1) is 12.1 Å². The van der Waals surface area contributed by atoms with Gasteiger partial charge in [0.2, 0.25) is 0 Å². The third-order valence-electron chi connectivity index (χ3n) is 3.28. The lowest BCUT2D eigenvalue weighted by molar-refractivity contribution is 0.284. The molecule has 1 aromatic carbocycles. The number of hydrogen-bond donors (Lipinski definition) is 0. The van der Waals surface area contributed by atoms with Crippen LogP contribution >= 0.6 is 0 Å². The number of aromatic nitrogens is 3. The average molecular weight is 233 g/mol. The first-order chi connectivity index (χ1) is 7.55. The molecule has 2 heterocycles. The molecule has 0 N–H and O–H groups in total. The van der Waals surface area contributed by atoms with Crippen LogP contribution in [0, 0.1) is 0 Å². The van der Waals surface area contributed by atoms with Crippen molar-refractivity contribution in [1.82, 2.24) is 15.0 Å². The van der Waals surface area contributed by atoms with Crippen LogP contribution in [0.2, 0.25) is 19.6 Å². The van der Waals surface area contributed by atoms with E-state index in [1.54, 1.807) is 0 Å². The Hall–Kier alpha value is -1.20. The Balaban J connectivity index is 2.21. The summed E-state index contributed by atoms with van der Waals surface area (Å²) in [5.74, 6) is 0. The van der Waals surface area contributed by atoms with E-state index >= 15 is 0 Å². The molecule has 16 heavy (non-hydrogen) atoms. The van der Waals surface area contributed by atoms with Gasteiger partial charge < -0.3 is 4.74 Å². The zero-order valence-electron chi connectivity index (χ0n) is 9.77. The zero-order valence-corrected chi connectivity index (χ0v) is 10.8. The molecule has 0 saturated carbocycles. The van der Waals surface area contributed by atoms with Gasteiger partial charge in [0.25, 0.3) is 0 Å². The molecule has 0 aliphatic carbocycles. The minimum absolute atomic E-state index is 0.177. The van der Waals surface area contributed by atoms with Crippen LogP contribution in [0.3, 0.4) is 0 Å². The predicted molar refractivity (Wildman–Crippen MR) is 64.8 cm³/mol. The lowest BCUT2D eigenvalue weighted by Gasteiger charge is -2.25. The summed E-state index contributed by atoms with van der Waals surface area (Å²) in [4.78, 5) is 0. The second-order valence-electron chi connectivity index (χ2n) is 5.31. The average Bonchev–Trinajstić information content (AvgIpc) is 2.93. The number of rotatable bonds is 2. The Kier molecular flexibility index (Phi) is 1.82. The largest absolute Gasteiger partial charge is 0.350 e. The molecule has 1 unspecified atom stereocenters. The fourth-order valence-corrected chi connectivity index (χ4v) is 3.82. The summed E-state index contributed by atoms with van der Waals surface area (Å²) < 4.78 is 7.72. The van der Waals surface area contributed by atoms with E-state index < -0.39 is 8.07 Å². The van der Waals surface area contributed by atoms with E-state index in [2.05, 4.69) is 36.0 Å². The Bertz CT molecular complexity index is 539. The van der Waals surface area contributed by atoms with Gasteiger partial charge >= 0.3 is 0 Å². The van der Waals surface area contributed by atoms with E-state index in [0.29, 0.717) is 0 Å². The van der Waals surface area contributed by atoms with Crippen molar-refractivity contribution in [3.8, 4) is 0 Å². The van der Waals surface area contributed by atoms with Gasteiger partial charge in [0.15, 0.2) is 5.35 Å². The molecular formula is C11H15N3OSi. The monoisotopic (exact) mass is 233 g/mol. The van der Waals surface area contributed by atoms with Crippen LogP contribution in [0.1, 0.15) is 0 Å². The van der Waals surface area contributed by atoms with Crippen molar-refractivity contribution in [2.24, 2.45) is 0 Å². The highest BCUT2D eigenvalue weighted by molar-refractivity contribution is 6.78. The summed E-state index contributed by atoms with van der Waals surface area (Å²) in [5.41, 5.74) is 2.01. The van der Waals surface area contributed by atoms with Crippen molar-refractivity contribution in [3.63, 3.8) is 0 Å². The molecule has 84 valence electrons. The minimum Gasteiger partial charge on any atom is -0.350 e. The minimum atomic E-state index is -1.46. The number of epoxide rings is 1. The lowest BCUT2D eigenvalue weighted by atomic mass is 10.3. The molecule has 1 aliphatic heterocycles. The van der Waals surface area contributed by atoms with Crippen molar-refractivity contribution in [3.05, 3.63) is 24.3 Å². The van der Waals surface area contributed by atoms with Gasteiger partial charge in [0, 0.05) is 0 Å². The molecule has 1 fully saturated rings. The summed E-state index contributed by atoms with van der Waals surface area (Å²) >= 11 is 0. The van der Waals surface area contributed by atoms with Crippen molar-refractivity contribution in [1.29, 1.82) is 0 Å². The van der Waals surface area contributed by atoms with Crippen molar-refractivity contribution in [2.75, 3.05) is 6.61 Å². The van der Waals surface area contributed by atoms with E-state index in [1.807, 2.05) is 22.9 Å². The van der Waals surface area contributed by atoms with Crippen LogP contribution in [0.4, 0.5) is 0 Å². The van der Waals surface area contributed by atoms with Crippen LogP contribution in [0.15, 0.2) is 24.3 Å². The fourth-order valence-electron chi connectivity index (χ4n) is 2.08. The van der Waals surface area contributed by atoms with Gasteiger partial charge in [-0.25, -0.2) is 4.68 Å². The van der Waals surface area contributed by atoms with E-state index in [1.165, 1.54) is 0 Å². The molecule has 1 aromatic heterocycles. The Morgan fingerprint density at radius 3 is 2.62 bits per heavy atom. The number of ether oxygens (including phenoxy) is 1. The third-order valence-corrected chi connectivity index (χ3v) is 6.13. The molecule has 2 aromatic rings. The SMILES string of the molecule is C[Si](C)(C)C1(n2nnc3ccccc32)CO1. The molecule has 5 heteroatoms. The second-order valence-corrected chi connectivity index (χ2v) is 10.6. The molecule has 1 saturated heterocycles. The van der Waals surface area contributed by atoms with Gasteiger partial charge in [-0.3, -0.25) is 0 Å². The number of nitrogens with zero attached hydrogens (tertiary/aromatic N) is 3. The highest BCUT2D eigenvalue weighted by atomic mass is 28.3. The van der Waals surface area contributed by atoms with Crippen molar-refractivity contribution in [2.45, 2.75) is 25.0 Å². The van der Waals surface area contributed by atoms with Gasteiger partial charge in [-0.1, -0.05) is 37.0 Å². The van der Waals surface area contributed by atoms with Gasteiger partial charge in [-0.2, -0.15) is 0 Å². The summed E-state index contributed by atoms with van der Waals surface area (Å²) in [5, 5.41) is 8.29. The maximum atomic E-state index is 5.74. The van der Waals surface area contributed by atoms with E-state index in [-0.39, 0.29) is 5.35 Å². The van der Waals surface area contributed by atoms with Gasteiger partial charge in [-0.15, -0.1) is 5.10 Å². The first-order valence-electron chi connectivity index (χ1n) is 5.49. The summed E-state index contributed by atoms with van der Waals surface area (Å²) in [7, 11) is -1.46. The van der Waals surface area contributed by atoms with Crippen molar-refractivity contribution >= 4 is 19.1 Å². The summed E-state index contributed by atoms with van der Waals surface area (Å²) in [6.07, 6.45) is 0. The zero-order chi connectivity index (χ0) is 11.4. The number of benzene rings is 1. The number of fused-ring (bicyclic) bond motifs is 1. The quantitative estimate of drug-likeness (QED) is 0.588. The number of para-hydroxylation sites is 1. The van der Waals surface area contributed by atoms with Crippen LogP contribution < -0.4 is 0 Å². The molecule has 0 spiro atoms. The first kappa shape index (κ1) is 9.98. The Morgan fingerprint density at radius 1 is 1.31 bits per heavy atom. The normalized spacial score (nSPS) is 24.9. The van der Waals surface area contributed by atoms with Gasteiger partial charge in [-0.05, 0) is 12.1 Å². The lowest BCUT2D eigenvalue weighted by Crippen LogP contribution is -2.45. The third kappa shape index (κ3) is 1.18. The maximum absolute atomic E-state index is 5.74. The molecule has 3 rings (SSSR count). The molecule has 1 atom stereocenters. The smallest absolute Gasteiger partial charge is 0.169 e. The molecule has 0 amide bonds. The highest BCUT2D eigenvalue weighted by Crippen LogP contribution is 2.42. The van der Waals surface area contributed by atoms with Crippen LogP contribution in [0.25, 0.3) is 11.0 Å². The standard InChI is InChI=1S/C11H15N3OSi/c1-16(2,3)11(8-15-11)14-10-7-5-4-6-9(10)12-13-14/h4-7H,8H2,1-3H3. The maximum Gasteiger partial charge on any atom is 0.169 e. The van der Waals surface area contributed by atoms with E-state index in [4.69, 9.17) is 4.74 Å². The molecule has 4 nitrogen and oxygen atoms in total. The second kappa shape index (κ2) is 2.92. The Labute approximate surface area is 95.2 Å². The highest BCUT2D eigenvalue weighted by Gasteiger charge is 2.58. The van der Waals surface area contributed by atoms with Crippen LogP contribution in [-0.2, 0) is 10.1 Å². The van der Waals surface area contributed by atoms with Crippen molar-refractivity contribution < 1.29 is 4.74 Å². The fraction of sp³-hybridized carbons (Fsp3) is 0.455. The van der Waals surface area contributed by atoms with E-state index in [9.17, 15) is 0 Å². The predicted octanol–water partition coefficient (Wildman–Crippen LogP) is 1.99. The van der Waals surface area contributed by atoms with Gasteiger partial charge in [0.1, 0.15) is 13.6 Å². The van der Waals surface area contributed by atoms with Crippen LogP contribution in [0.5, 0.6) is 0 Å². The Morgan fingerprint density at radius 2 is 2.00 bits per heavy atom. The molecule has 0 bridgehead atoms. The summed E-state index contributed by atoms with van der Waals surface area (Å²) in [6, 6.07) is 8.04. The van der Waals surface area contributed by atoms with Crippen LogP contribution in [-0.4, -0.2) is 29.7 Å². The van der Waals surface area contributed by atoms with E-state index in [0.717, 1.165) is 17.6 Å². The molecular weight excluding hydrogens is 218 g/mol. The molecule has 0 radical (unpaired) electrons. The topological polar surface area (TPSA) is 43.2 Å². The summed E-state index contributed by atoms with van der Waals surface area (Å²) in [6.45, 7) is 7.68. The first-order valence-corrected chi connectivity index (χ1v) is 8.99. The molecule has 1 aliphatic rings.